The third-order valence-corrected chi connectivity index (χ3v) is 1.15. The summed E-state index contributed by atoms with van der Waals surface area (Å²) in [4.78, 5) is 41.0. The number of carbonyl (C=O) groups excluding carboxylic acids is 1. The fourth-order valence-electron chi connectivity index (χ4n) is 0.430. The predicted molar refractivity (Wildman–Crippen MR) is 64.3 cm³/mol. The van der Waals surface area contributed by atoms with Gasteiger partial charge in [0.25, 0.3) is 0 Å². The van der Waals surface area contributed by atoms with Crippen molar-refractivity contribution in [2.75, 3.05) is 20.1 Å². The second-order valence-electron chi connectivity index (χ2n) is 2.41. The van der Waals surface area contributed by atoms with Crippen molar-refractivity contribution in [1.29, 1.82) is 0 Å². The van der Waals surface area contributed by atoms with Crippen LogP contribution in [0.15, 0.2) is 0 Å². The monoisotopic (exact) mass is 294 g/mol. The molecule has 0 saturated carbocycles. The van der Waals surface area contributed by atoms with E-state index in [4.69, 9.17) is 28.7 Å². The summed E-state index contributed by atoms with van der Waals surface area (Å²) in [5.41, 5.74) is 0. The Labute approximate surface area is 101 Å². The molecule has 0 saturated heterocycles. The Morgan fingerprint density at radius 2 is 1.41 bits per heavy atom. The second-order valence-corrected chi connectivity index (χ2v) is 3.55. The highest BCUT2D eigenvalue weighted by Gasteiger charge is 2.01. The topological polar surface area (TPSA) is 147 Å². The lowest BCUT2D eigenvalue weighted by Crippen LogP contribution is -2.36. The molecule has 0 aromatic carbocycles. The zero-order chi connectivity index (χ0) is 14.4. The number of hydrogen-bond donors (Lipinski definition) is 5. The van der Waals surface area contributed by atoms with Crippen molar-refractivity contribution in [3.05, 3.63) is 0 Å². The average molecular weight is 294 g/mol. The number of nitrogens with zero attached hydrogens (tertiary/aromatic N) is 1. The van der Waals surface area contributed by atoms with E-state index in [0.717, 1.165) is 6.54 Å². The number of rotatable bonds is 2. The molecule has 0 aliphatic carbocycles. The predicted octanol–water partition coefficient (Wildman–Crippen LogP) is -0.611. The van der Waals surface area contributed by atoms with Crippen LogP contribution in [-0.4, -0.2) is 50.6 Å². The summed E-state index contributed by atoms with van der Waals surface area (Å²) in [5, 5.41) is 2.68. The highest BCUT2D eigenvalue weighted by atomic mass is 31.1. The normalized spacial score (nSPS) is 8.76. The van der Waals surface area contributed by atoms with Crippen LogP contribution in [0, 0.1) is 0 Å². The SMILES string of the molecule is CCNC(=O)N(C)CC.O=[PH](O)O.O=[PH](O)O. The molecule has 17 heavy (non-hydrogen) atoms. The minimum Gasteiger partial charge on any atom is -0.338 e. The molecule has 0 radical (unpaired) electrons. The van der Waals surface area contributed by atoms with E-state index in [-0.39, 0.29) is 6.03 Å². The number of urea groups is 1. The van der Waals surface area contributed by atoms with Crippen LogP contribution in [0.1, 0.15) is 13.8 Å². The number of hydrogen-bond acceptors (Lipinski definition) is 3. The van der Waals surface area contributed by atoms with Gasteiger partial charge in [0, 0.05) is 20.1 Å². The standard InChI is InChI=1S/C6H14N2O.2H3O3P/c1-4-7-6(9)8(3)5-2;2*1-4(2)3/h4-5H2,1-3H3,(H,7,9);2*4H,(H2,1,2,3). The molecule has 0 aromatic heterocycles. The molecular weight excluding hydrogens is 274 g/mol. The lowest BCUT2D eigenvalue weighted by molar-refractivity contribution is 0.211. The molecule has 0 atom stereocenters. The van der Waals surface area contributed by atoms with Gasteiger partial charge in [-0.25, -0.2) is 4.79 Å². The van der Waals surface area contributed by atoms with Crippen LogP contribution in [-0.2, 0) is 9.13 Å². The van der Waals surface area contributed by atoms with E-state index in [2.05, 4.69) is 5.32 Å². The Kier molecular flexibility index (Phi) is 20.0. The van der Waals surface area contributed by atoms with E-state index >= 15 is 0 Å². The molecule has 0 bridgehead atoms. The first-order chi connectivity index (χ1) is 7.68. The van der Waals surface area contributed by atoms with E-state index in [0.29, 0.717) is 6.54 Å². The minimum atomic E-state index is -3.13. The quantitative estimate of drug-likeness (QED) is 0.427. The van der Waals surface area contributed by atoms with Crippen molar-refractivity contribution >= 4 is 22.5 Å². The molecule has 2 amide bonds. The lowest BCUT2D eigenvalue weighted by Gasteiger charge is -2.13. The van der Waals surface area contributed by atoms with E-state index in [9.17, 15) is 4.79 Å². The molecule has 0 spiro atoms. The summed E-state index contributed by atoms with van der Waals surface area (Å²) in [6, 6.07) is 0.000000000000000444. The Hall–Kier alpha value is -0.430. The minimum absolute atomic E-state index is 0.000000000000000444. The van der Waals surface area contributed by atoms with Gasteiger partial charge in [-0.2, -0.15) is 0 Å². The molecule has 0 unspecified atom stereocenters. The van der Waals surface area contributed by atoms with Crippen LogP contribution in [0.4, 0.5) is 4.79 Å². The van der Waals surface area contributed by atoms with Gasteiger partial charge in [-0.05, 0) is 13.8 Å². The van der Waals surface area contributed by atoms with Crippen molar-refractivity contribution in [2.45, 2.75) is 13.8 Å². The first-order valence-electron chi connectivity index (χ1n) is 4.51. The van der Waals surface area contributed by atoms with Crippen molar-refractivity contribution in [2.24, 2.45) is 0 Å². The smallest absolute Gasteiger partial charge is 0.317 e. The van der Waals surface area contributed by atoms with Gasteiger partial charge in [-0.15, -0.1) is 0 Å². The molecule has 0 aliphatic rings. The van der Waals surface area contributed by atoms with Crippen molar-refractivity contribution in [3.8, 4) is 0 Å². The Balaban J connectivity index is -0.000000205. The first-order valence-corrected chi connectivity index (χ1v) is 7.12. The Bertz CT molecular complexity index is 218. The maximum absolute atomic E-state index is 10.8. The second kappa shape index (κ2) is 15.6. The van der Waals surface area contributed by atoms with Crippen LogP contribution >= 0.6 is 16.5 Å². The van der Waals surface area contributed by atoms with Gasteiger partial charge in [-0.1, -0.05) is 0 Å². The Morgan fingerprint density at radius 1 is 1.12 bits per heavy atom. The molecular formula is C6H20N2O7P2. The van der Waals surface area contributed by atoms with Gasteiger partial charge in [0.1, 0.15) is 0 Å². The highest BCUT2D eigenvalue weighted by molar-refractivity contribution is 7.31. The maximum Gasteiger partial charge on any atom is 0.317 e. The summed E-state index contributed by atoms with van der Waals surface area (Å²) in [5.74, 6) is 0. The molecule has 0 aliphatic heterocycles. The van der Waals surface area contributed by atoms with Crippen LogP contribution in [0.5, 0.6) is 0 Å². The summed E-state index contributed by atoms with van der Waals surface area (Å²) < 4.78 is 17.5. The molecule has 9 nitrogen and oxygen atoms in total. The first kappa shape index (κ1) is 21.8. The fourth-order valence-corrected chi connectivity index (χ4v) is 0.430. The maximum atomic E-state index is 10.8. The molecule has 0 rings (SSSR count). The molecule has 106 valence electrons. The van der Waals surface area contributed by atoms with Gasteiger partial charge < -0.3 is 29.8 Å². The molecule has 0 heterocycles. The summed E-state index contributed by atoms with van der Waals surface area (Å²) in [6.07, 6.45) is 0. The van der Waals surface area contributed by atoms with Crippen molar-refractivity contribution in [1.82, 2.24) is 10.2 Å². The van der Waals surface area contributed by atoms with Crippen LogP contribution < -0.4 is 5.32 Å². The average Bonchev–Trinajstić information content (AvgIpc) is 2.15. The number of amides is 2. The Morgan fingerprint density at radius 3 is 1.59 bits per heavy atom. The van der Waals surface area contributed by atoms with Crippen LogP contribution in [0.25, 0.3) is 0 Å². The van der Waals surface area contributed by atoms with Gasteiger partial charge in [0.15, 0.2) is 0 Å². The highest BCUT2D eigenvalue weighted by Crippen LogP contribution is 1.98. The van der Waals surface area contributed by atoms with Gasteiger partial charge >= 0.3 is 22.5 Å². The summed E-state index contributed by atoms with van der Waals surface area (Å²) in [7, 11) is -4.49. The lowest BCUT2D eigenvalue weighted by atomic mass is 10.6. The third-order valence-electron chi connectivity index (χ3n) is 1.15. The zero-order valence-corrected chi connectivity index (χ0v) is 11.9. The fraction of sp³-hybridized carbons (Fsp3) is 0.833. The van der Waals surface area contributed by atoms with Gasteiger partial charge in [0.2, 0.25) is 0 Å². The number of nitrogens with one attached hydrogen (secondary N) is 1. The van der Waals surface area contributed by atoms with Crippen LogP contribution in [0.2, 0.25) is 0 Å². The van der Waals surface area contributed by atoms with Gasteiger partial charge in [-0.3, -0.25) is 9.13 Å². The molecule has 5 N–H and O–H groups in total. The molecule has 11 heteroatoms. The molecule has 0 fully saturated rings. The zero-order valence-electron chi connectivity index (χ0n) is 9.88. The largest absolute Gasteiger partial charge is 0.338 e. The van der Waals surface area contributed by atoms with Gasteiger partial charge in [0.05, 0.1) is 0 Å². The van der Waals surface area contributed by atoms with E-state index in [1.165, 1.54) is 0 Å². The van der Waals surface area contributed by atoms with E-state index in [1.807, 2.05) is 13.8 Å². The van der Waals surface area contributed by atoms with E-state index < -0.39 is 16.5 Å². The van der Waals surface area contributed by atoms with E-state index in [1.54, 1.807) is 11.9 Å². The van der Waals surface area contributed by atoms with Crippen LogP contribution in [0.3, 0.4) is 0 Å². The summed E-state index contributed by atoms with van der Waals surface area (Å²) >= 11 is 0. The third kappa shape index (κ3) is 39.0. The molecule has 0 aromatic rings. The van der Waals surface area contributed by atoms with Crippen molar-refractivity contribution < 1.29 is 33.5 Å². The van der Waals surface area contributed by atoms with Crippen molar-refractivity contribution in [3.63, 3.8) is 0 Å². The summed E-state index contributed by atoms with van der Waals surface area (Å²) in [6.45, 7) is 5.30. The number of carbonyl (C=O) groups is 1.